The van der Waals surface area contributed by atoms with E-state index in [1.807, 2.05) is 17.0 Å². The highest BCUT2D eigenvalue weighted by molar-refractivity contribution is 6.00. The minimum absolute atomic E-state index is 0.0690. The third kappa shape index (κ3) is 5.75. The molecular formula is C32H43N3O3. The van der Waals surface area contributed by atoms with Crippen molar-refractivity contribution in [1.82, 2.24) is 15.1 Å². The average Bonchev–Trinajstić information content (AvgIpc) is 2.94. The number of unbranched alkanes of at least 4 members (excludes halogenated alkanes) is 1. The molecule has 3 fully saturated rings. The van der Waals surface area contributed by atoms with Gasteiger partial charge in [0.15, 0.2) is 0 Å². The maximum Gasteiger partial charge on any atom is 0.246 e. The number of carbonyl (C=O) groups excluding carboxylic acids is 2. The molecule has 6 heteroatoms. The molecule has 2 amide bonds. The molecule has 3 aliphatic rings. The molecule has 2 N–H and O–H groups in total. The fourth-order valence-corrected chi connectivity index (χ4v) is 6.80. The van der Waals surface area contributed by atoms with Crippen molar-refractivity contribution in [2.45, 2.75) is 89.3 Å². The van der Waals surface area contributed by atoms with Gasteiger partial charge in [0.25, 0.3) is 0 Å². The van der Waals surface area contributed by atoms with Crippen LogP contribution in [-0.2, 0) is 16.1 Å². The molecule has 1 spiro atoms. The lowest BCUT2D eigenvalue weighted by molar-refractivity contribution is -0.162. The Kier molecular flexibility index (Phi) is 8.37. The van der Waals surface area contributed by atoms with Gasteiger partial charge in [-0.1, -0.05) is 75.8 Å². The third-order valence-electron chi connectivity index (χ3n) is 9.03. The lowest BCUT2D eigenvalue weighted by Crippen LogP contribution is -2.73. The number of phenols is 1. The van der Waals surface area contributed by atoms with E-state index in [0.29, 0.717) is 25.3 Å². The summed E-state index contributed by atoms with van der Waals surface area (Å²) in [6, 6.07) is 15.4. The van der Waals surface area contributed by atoms with Gasteiger partial charge < -0.3 is 15.3 Å². The molecule has 204 valence electrons. The number of likely N-dealkylation sites (tertiary alicyclic amines) is 1. The summed E-state index contributed by atoms with van der Waals surface area (Å²) in [5.74, 6) is 1.04. The van der Waals surface area contributed by atoms with Crippen LogP contribution in [0.2, 0.25) is 0 Å². The van der Waals surface area contributed by atoms with Crippen LogP contribution in [0.4, 0.5) is 0 Å². The zero-order chi connectivity index (χ0) is 26.5. The van der Waals surface area contributed by atoms with Crippen LogP contribution in [0.5, 0.6) is 5.75 Å². The van der Waals surface area contributed by atoms with E-state index in [0.717, 1.165) is 50.0 Å². The number of carbonyl (C=O) groups is 2. The first kappa shape index (κ1) is 26.7. The maximum absolute atomic E-state index is 13.8. The monoisotopic (exact) mass is 517 g/mol. The van der Waals surface area contributed by atoms with Crippen LogP contribution in [0.3, 0.4) is 0 Å². The number of amides is 2. The summed E-state index contributed by atoms with van der Waals surface area (Å²) in [6.45, 7) is 5.20. The number of benzene rings is 2. The van der Waals surface area contributed by atoms with Crippen molar-refractivity contribution >= 4 is 11.8 Å². The minimum Gasteiger partial charge on any atom is -0.508 e. The zero-order valence-electron chi connectivity index (χ0n) is 22.8. The van der Waals surface area contributed by atoms with Gasteiger partial charge in [-0.15, -0.1) is 0 Å². The molecule has 2 aliphatic heterocycles. The van der Waals surface area contributed by atoms with Crippen molar-refractivity contribution < 1.29 is 14.7 Å². The zero-order valence-corrected chi connectivity index (χ0v) is 22.8. The van der Waals surface area contributed by atoms with Crippen molar-refractivity contribution in [3.8, 4) is 16.9 Å². The Morgan fingerprint density at radius 2 is 1.68 bits per heavy atom. The minimum atomic E-state index is -0.713. The van der Waals surface area contributed by atoms with Gasteiger partial charge in [0, 0.05) is 26.2 Å². The largest absolute Gasteiger partial charge is 0.508 e. The third-order valence-corrected chi connectivity index (χ3v) is 9.03. The number of rotatable bonds is 8. The summed E-state index contributed by atoms with van der Waals surface area (Å²) in [5.41, 5.74) is 2.58. The van der Waals surface area contributed by atoms with Crippen LogP contribution in [-0.4, -0.2) is 57.9 Å². The van der Waals surface area contributed by atoms with Gasteiger partial charge in [-0.05, 0) is 66.5 Å². The van der Waals surface area contributed by atoms with E-state index in [1.165, 1.54) is 37.7 Å². The van der Waals surface area contributed by atoms with Gasteiger partial charge in [0.05, 0.1) is 0 Å². The lowest BCUT2D eigenvalue weighted by atomic mass is 9.79. The Balaban J connectivity index is 1.26. The van der Waals surface area contributed by atoms with E-state index >= 15 is 0 Å². The molecule has 2 heterocycles. The Morgan fingerprint density at radius 3 is 2.39 bits per heavy atom. The molecule has 2 aromatic carbocycles. The van der Waals surface area contributed by atoms with Gasteiger partial charge in [-0.3, -0.25) is 14.5 Å². The molecule has 1 saturated carbocycles. The van der Waals surface area contributed by atoms with Crippen LogP contribution in [0.15, 0.2) is 48.5 Å². The van der Waals surface area contributed by atoms with Crippen LogP contribution >= 0.6 is 0 Å². The molecule has 0 bridgehead atoms. The Labute approximate surface area is 227 Å². The second-order valence-corrected chi connectivity index (χ2v) is 11.7. The number of piperidine rings is 1. The summed E-state index contributed by atoms with van der Waals surface area (Å²) in [5, 5.41) is 13.1. The average molecular weight is 518 g/mol. The van der Waals surface area contributed by atoms with Crippen LogP contribution in [0, 0.1) is 5.92 Å². The van der Waals surface area contributed by atoms with Gasteiger partial charge in [-0.25, -0.2) is 0 Å². The normalized spacial score (nSPS) is 22.6. The molecular weight excluding hydrogens is 474 g/mol. The molecule has 2 aromatic rings. The molecule has 2 saturated heterocycles. The number of hydrogen-bond acceptors (Lipinski definition) is 4. The molecule has 0 radical (unpaired) electrons. The first-order valence-electron chi connectivity index (χ1n) is 14.7. The number of nitrogens with zero attached hydrogens (tertiary/aromatic N) is 2. The Hall–Kier alpha value is -2.86. The highest BCUT2D eigenvalue weighted by atomic mass is 16.3. The van der Waals surface area contributed by atoms with Crippen molar-refractivity contribution in [1.29, 1.82) is 0 Å². The van der Waals surface area contributed by atoms with Gasteiger partial charge in [0.2, 0.25) is 11.8 Å². The van der Waals surface area contributed by atoms with Crippen LogP contribution in [0.1, 0.15) is 76.7 Å². The number of aromatic hydroxyl groups is 1. The number of phenolic OH excluding ortho intramolecular Hbond substituents is 1. The van der Waals surface area contributed by atoms with E-state index in [1.54, 1.807) is 12.1 Å². The first-order chi connectivity index (χ1) is 18.5. The standard InChI is InChI=1S/C32H43N3O3/c1-2-3-17-35-30(37)29(21-24-9-5-4-6-10-24)33-31(38)32(35)15-18-34(19-16-32)23-25-11-7-12-26(20-25)27-13-8-14-28(36)22-27/h7-8,11-14,20,22,24,29,36H,2-6,9-10,15-19,21,23H2,1H3,(H,33,38). The van der Waals surface area contributed by atoms with E-state index in [9.17, 15) is 14.7 Å². The molecule has 1 unspecified atom stereocenters. The summed E-state index contributed by atoms with van der Waals surface area (Å²) >= 11 is 0. The Morgan fingerprint density at radius 1 is 0.974 bits per heavy atom. The maximum atomic E-state index is 13.8. The quantitative estimate of drug-likeness (QED) is 0.486. The van der Waals surface area contributed by atoms with E-state index in [4.69, 9.17) is 0 Å². The van der Waals surface area contributed by atoms with Crippen molar-refractivity contribution in [2.24, 2.45) is 5.92 Å². The highest BCUT2D eigenvalue weighted by Crippen LogP contribution is 2.36. The predicted molar refractivity (Wildman–Crippen MR) is 151 cm³/mol. The lowest BCUT2D eigenvalue weighted by Gasteiger charge is -2.52. The smallest absolute Gasteiger partial charge is 0.246 e. The summed E-state index contributed by atoms with van der Waals surface area (Å²) < 4.78 is 0. The number of nitrogens with one attached hydrogen (secondary N) is 1. The van der Waals surface area contributed by atoms with E-state index in [-0.39, 0.29) is 23.6 Å². The second kappa shape index (κ2) is 11.9. The fraction of sp³-hybridized carbons (Fsp3) is 0.562. The topological polar surface area (TPSA) is 72.9 Å². The SMILES string of the molecule is CCCCN1C(=O)C(CC2CCCCC2)NC(=O)C12CCN(Cc1cccc(-c3cccc(O)c3)c1)CC2. The molecule has 1 atom stereocenters. The van der Waals surface area contributed by atoms with Crippen molar-refractivity contribution in [3.63, 3.8) is 0 Å². The number of hydrogen-bond donors (Lipinski definition) is 2. The second-order valence-electron chi connectivity index (χ2n) is 11.7. The molecule has 6 nitrogen and oxygen atoms in total. The van der Waals surface area contributed by atoms with E-state index < -0.39 is 5.54 Å². The van der Waals surface area contributed by atoms with Gasteiger partial charge >= 0.3 is 0 Å². The summed E-state index contributed by atoms with van der Waals surface area (Å²) in [4.78, 5) is 31.9. The molecule has 38 heavy (non-hydrogen) atoms. The number of piperazine rings is 1. The molecule has 5 rings (SSSR count). The Bertz CT molecular complexity index is 1120. The fourth-order valence-electron chi connectivity index (χ4n) is 6.80. The van der Waals surface area contributed by atoms with Crippen molar-refractivity contribution in [3.05, 3.63) is 54.1 Å². The first-order valence-corrected chi connectivity index (χ1v) is 14.7. The van der Waals surface area contributed by atoms with E-state index in [2.05, 4.69) is 41.4 Å². The predicted octanol–water partition coefficient (Wildman–Crippen LogP) is 5.49. The van der Waals surface area contributed by atoms with Gasteiger partial charge in [-0.2, -0.15) is 0 Å². The summed E-state index contributed by atoms with van der Waals surface area (Å²) in [7, 11) is 0. The molecule has 0 aromatic heterocycles. The molecule has 1 aliphatic carbocycles. The van der Waals surface area contributed by atoms with Crippen LogP contribution < -0.4 is 5.32 Å². The van der Waals surface area contributed by atoms with Crippen molar-refractivity contribution in [2.75, 3.05) is 19.6 Å². The highest BCUT2D eigenvalue weighted by Gasteiger charge is 2.53. The summed E-state index contributed by atoms with van der Waals surface area (Å²) in [6.07, 6.45) is 10.2. The van der Waals surface area contributed by atoms with Gasteiger partial charge in [0.1, 0.15) is 17.3 Å². The van der Waals surface area contributed by atoms with Crippen LogP contribution in [0.25, 0.3) is 11.1 Å².